The van der Waals surface area contributed by atoms with Gasteiger partial charge in [-0.3, -0.25) is 0 Å². The molecule has 2 heterocycles. The molecule has 146 valence electrons. The molecule has 10 heteroatoms. The van der Waals surface area contributed by atoms with Crippen molar-refractivity contribution in [3.63, 3.8) is 0 Å². The minimum Gasteiger partial charge on any atom is -0.462 e. The average molecular weight is 411 g/mol. The summed E-state index contributed by atoms with van der Waals surface area (Å²) in [5.74, 6) is -0.709. The first kappa shape index (κ1) is 19.7. The maximum Gasteiger partial charge on any atom is 0.416 e. The molecule has 0 amide bonds. The minimum atomic E-state index is -4.57. The number of nitrogen functional groups attached to an aromatic ring is 1. The van der Waals surface area contributed by atoms with E-state index in [1.807, 2.05) is 0 Å². The molecule has 0 bridgehead atoms. The van der Waals surface area contributed by atoms with Crippen LogP contribution in [0.3, 0.4) is 0 Å². The third-order valence-electron chi connectivity index (χ3n) is 3.83. The quantitative estimate of drug-likeness (QED) is 0.614. The van der Waals surface area contributed by atoms with Crippen molar-refractivity contribution in [1.29, 1.82) is 0 Å². The van der Waals surface area contributed by atoms with Gasteiger partial charge in [0.15, 0.2) is 0 Å². The van der Waals surface area contributed by atoms with Gasteiger partial charge in [0.2, 0.25) is 5.95 Å². The zero-order chi connectivity index (χ0) is 20.5. The van der Waals surface area contributed by atoms with Gasteiger partial charge < -0.3 is 15.5 Å². The number of halogens is 4. The van der Waals surface area contributed by atoms with E-state index < -0.39 is 17.7 Å². The second-order valence-electron chi connectivity index (χ2n) is 5.68. The summed E-state index contributed by atoms with van der Waals surface area (Å²) in [5.41, 5.74) is 5.50. The van der Waals surface area contributed by atoms with E-state index in [1.54, 1.807) is 6.92 Å². The Balaban J connectivity index is 2.21. The lowest BCUT2D eigenvalue weighted by atomic mass is 10.0. The van der Waals surface area contributed by atoms with E-state index in [9.17, 15) is 18.0 Å². The topological polar surface area (TPSA) is 93.9 Å². The normalized spacial score (nSPS) is 11.5. The maximum absolute atomic E-state index is 13.1. The Morgan fingerprint density at radius 1 is 1.29 bits per heavy atom. The smallest absolute Gasteiger partial charge is 0.416 e. The first-order chi connectivity index (χ1) is 13.2. The molecule has 0 aliphatic rings. The van der Waals surface area contributed by atoms with Crippen molar-refractivity contribution in [3.8, 4) is 22.6 Å². The number of aromatic amines is 1. The van der Waals surface area contributed by atoms with Gasteiger partial charge in [-0.15, -0.1) is 0 Å². The molecule has 0 saturated heterocycles. The number of alkyl halides is 3. The summed E-state index contributed by atoms with van der Waals surface area (Å²) in [4.78, 5) is 23.1. The lowest BCUT2D eigenvalue weighted by Crippen LogP contribution is -2.07. The molecule has 0 saturated carbocycles. The number of carbonyl (C=O) groups is 1. The van der Waals surface area contributed by atoms with E-state index in [2.05, 4.69) is 15.0 Å². The molecule has 3 aromatic rings. The first-order valence-corrected chi connectivity index (χ1v) is 8.44. The third-order valence-corrected chi connectivity index (χ3v) is 4.16. The van der Waals surface area contributed by atoms with E-state index in [-0.39, 0.29) is 34.4 Å². The van der Waals surface area contributed by atoms with Crippen LogP contribution in [-0.2, 0) is 10.9 Å². The van der Waals surface area contributed by atoms with Crippen molar-refractivity contribution in [3.05, 3.63) is 52.7 Å². The number of anilines is 1. The Hall–Kier alpha value is -3.07. The molecule has 0 unspecified atom stereocenters. The number of hydrogen-bond acceptors (Lipinski definition) is 5. The molecule has 0 radical (unpaired) electrons. The van der Waals surface area contributed by atoms with Gasteiger partial charge in [0, 0.05) is 16.8 Å². The highest BCUT2D eigenvalue weighted by molar-refractivity contribution is 6.33. The summed E-state index contributed by atoms with van der Waals surface area (Å²) in [7, 11) is 0. The van der Waals surface area contributed by atoms with Crippen LogP contribution in [0.1, 0.15) is 22.8 Å². The van der Waals surface area contributed by atoms with Crippen molar-refractivity contribution in [2.45, 2.75) is 13.1 Å². The number of nitrogens with two attached hydrogens (primary N) is 1. The summed E-state index contributed by atoms with van der Waals surface area (Å²) in [6.45, 7) is 1.71. The highest BCUT2D eigenvalue weighted by atomic mass is 35.5. The van der Waals surface area contributed by atoms with E-state index in [1.165, 1.54) is 18.3 Å². The fourth-order valence-electron chi connectivity index (χ4n) is 2.59. The van der Waals surface area contributed by atoms with Gasteiger partial charge in [-0.25, -0.2) is 14.8 Å². The number of benzene rings is 1. The Kier molecular flexibility index (Phi) is 5.28. The summed E-state index contributed by atoms with van der Waals surface area (Å²) >= 11 is 6.13. The van der Waals surface area contributed by atoms with Crippen LogP contribution in [0, 0.1) is 0 Å². The molecule has 0 spiro atoms. The van der Waals surface area contributed by atoms with E-state index in [0.29, 0.717) is 11.4 Å². The number of H-pyrrole nitrogens is 1. The summed E-state index contributed by atoms with van der Waals surface area (Å²) < 4.78 is 44.4. The summed E-state index contributed by atoms with van der Waals surface area (Å²) in [6.07, 6.45) is -3.15. The van der Waals surface area contributed by atoms with E-state index in [4.69, 9.17) is 22.1 Å². The zero-order valence-corrected chi connectivity index (χ0v) is 15.2. The number of aromatic nitrogens is 3. The van der Waals surface area contributed by atoms with Crippen LogP contribution in [0.2, 0.25) is 5.02 Å². The van der Waals surface area contributed by atoms with E-state index >= 15 is 0 Å². The molecule has 0 aliphatic carbocycles. The summed E-state index contributed by atoms with van der Waals surface area (Å²) in [6, 6.07) is 5.82. The molecular formula is C18H14ClF3N4O2. The van der Waals surface area contributed by atoms with E-state index in [0.717, 1.165) is 18.2 Å². The lowest BCUT2D eigenvalue weighted by Gasteiger charge is -2.11. The fourth-order valence-corrected chi connectivity index (χ4v) is 2.80. The van der Waals surface area contributed by atoms with Crippen molar-refractivity contribution in [1.82, 2.24) is 15.0 Å². The Bertz CT molecular complexity index is 1030. The molecule has 0 fully saturated rings. The number of nitrogens with one attached hydrogen (secondary N) is 1. The SMILES string of the molecule is CCOC(=O)c1cc(-c2ccnc(N)n2)[nH]c1-c1cc(C(F)(F)F)ccc1Cl. The van der Waals surface area contributed by atoms with Gasteiger partial charge in [-0.05, 0) is 37.3 Å². The Morgan fingerprint density at radius 3 is 2.68 bits per heavy atom. The van der Waals surface area contributed by atoms with Gasteiger partial charge in [0.1, 0.15) is 0 Å². The Morgan fingerprint density at radius 2 is 2.04 bits per heavy atom. The standard InChI is InChI=1S/C18H14ClF3N4O2/c1-2-28-16(27)11-8-14(13-5-6-24-17(23)26-13)25-15(11)10-7-9(18(20,21)22)3-4-12(10)19/h3-8,25H,2H2,1H3,(H2,23,24,26). The second-order valence-corrected chi connectivity index (χ2v) is 6.09. The van der Waals surface area contributed by atoms with Crippen molar-refractivity contribution in [2.75, 3.05) is 12.3 Å². The third kappa shape index (κ3) is 3.94. The first-order valence-electron chi connectivity index (χ1n) is 8.07. The molecule has 3 rings (SSSR count). The van der Waals surface area contributed by atoms with Crippen LogP contribution >= 0.6 is 11.6 Å². The number of esters is 1. The molecule has 0 atom stereocenters. The van der Waals surface area contributed by atoms with Crippen molar-refractivity contribution < 1.29 is 22.7 Å². The molecule has 3 N–H and O–H groups in total. The largest absolute Gasteiger partial charge is 0.462 e. The van der Waals surface area contributed by atoms with Crippen LogP contribution in [0.15, 0.2) is 36.5 Å². The number of rotatable bonds is 4. The maximum atomic E-state index is 13.1. The van der Waals surface area contributed by atoms with Gasteiger partial charge in [0.25, 0.3) is 0 Å². The molecular weight excluding hydrogens is 397 g/mol. The minimum absolute atomic E-state index is 0.00318. The molecule has 0 aliphatic heterocycles. The predicted octanol–water partition coefficient (Wildman–Crippen LogP) is 4.57. The van der Waals surface area contributed by atoms with Crippen LogP contribution in [0.4, 0.5) is 19.1 Å². The summed E-state index contributed by atoms with van der Waals surface area (Å²) in [5, 5.41) is 0.0362. The van der Waals surface area contributed by atoms with Crippen LogP contribution in [0.25, 0.3) is 22.6 Å². The van der Waals surface area contributed by atoms with Gasteiger partial charge >= 0.3 is 12.1 Å². The molecule has 2 aromatic heterocycles. The van der Waals surface area contributed by atoms with Gasteiger partial charge in [-0.1, -0.05) is 11.6 Å². The van der Waals surface area contributed by atoms with Crippen LogP contribution in [-0.4, -0.2) is 27.5 Å². The highest BCUT2D eigenvalue weighted by Crippen LogP contribution is 2.38. The number of carbonyl (C=O) groups excluding carboxylic acids is 1. The highest BCUT2D eigenvalue weighted by Gasteiger charge is 2.32. The lowest BCUT2D eigenvalue weighted by molar-refractivity contribution is -0.137. The van der Waals surface area contributed by atoms with Crippen LogP contribution < -0.4 is 5.73 Å². The van der Waals surface area contributed by atoms with Crippen LogP contribution in [0.5, 0.6) is 0 Å². The molecule has 6 nitrogen and oxygen atoms in total. The molecule has 1 aromatic carbocycles. The number of nitrogens with zero attached hydrogens (tertiary/aromatic N) is 2. The Labute approximate surface area is 162 Å². The average Bonchev–Trinajstić information content (AvgIpc) is 3.06. The number of hydrogen-bond donors (Lipinski definition) is 2. The zero-order valence-electron chi connectivity index (χ0n) is 14.5. The number of ether oxygens (including phenoxy) is 1. The van der Waals surface area contributed by atoms with Crippen molar-refractivity contribution >= 4 is 23.5 Å². The molecule has 28 heavy (non-hydrogen) atoms. The van der Waals surface area contributed by atoms with Gasteiger partial charge in [-0.2, -0.15) is 13.2 Å². The second kappa shape index (κ2) is 7.51. The fraction of sp³-hybridized carbons (Fsp3) is 0.167. The van der Waals surface area contributed by atoms with Gasteiger partial charge in [0.05, 0.1) is 34.8 Å². The van der Waals surface area contributed by atoms with Crippen molar-refractivity contribution in [2.24, 2.45) is 0 Å². The predicted molar refractivity (Wildman–Crippen MR) is 97.6 cm³/mol. The monoisotopic (exact) mass is 410 g/mol.